The molecule has 0 aromatic heterocycles. The molecule has 1 fully saturated rings. The summed E-state index contributed by atoms with van der Waals surface area (Å²) in [5.41, 5.74) is 1.85. The molecule has 0 heterocycles. The molecule has 1 N–H and O–H groups in total. The Kier molecular flexibility index (Phi) is 9.92. The number of nitrogens with one attached hydrogen (secondary N) is 1. The van der Waals surface area contributed by atoms with Crippen molar-refractivity contribution in [1.82, 2.24) is 10.2 Å². The zero-order valence-corrected chi connectivity index (χ0v) is 25.7. The summed E-state index contributed by atoms with van der Waals surface area (Å²) in [6.45, 7) is 3.12. The van der Waals surface area contributed by atoms with Crippen LogP contribution in [0.3, 0.4) is 0 Å². The van der Waals surface area contributed by atoms with E-state index in [2.05, 4.69) is 21.2 Å². The predicted octanol–water partition coefficient (Wildman–Crippen LogP) is 6.08. The van der Waals surface area contributed by atoms with E-state index in [-0.39, 0.29) is 29.1 Å². The molecule has 40 heavy (non-hydrogen) atoms. The molecule has 2 amide bonds. The van der Waals surface area contributed by atoms with Gasteiger partial charge in [0, 0.05) is 22.1 Å². The van der Waals surface area contributed by atoms with Gasteiger partial charge in [0.25, 0.3) is 10.0 Å². The summed E-state index contributed by atoms with van der Waals surface area (Å²) in [5, 5.41) is 3.46. The number of aryl methyl sites for hydroxylation is 1. The van der Waals surface area contributed by atoms with Crippen molar-refractivity contribution in [3.05, 3.63) is 93.4 Å². The molecule has 0 saturated heterocycles. The van der Waals surface area contributed by atoms with Crippen LogP contribution in [0.2, 0.25) is 5.02 Å². The number of sulfonamides is 1. The third kappa shape index (κ3) is 7.25. The van der Waals surface area contributed by atoms with Gasteiger partial charge in [-0.2, -0.15) is 0 Å². The van der Waals surface area contributed by atoms with Gasteiger partial charge < -0.3 is 10.2 Å². The zero-order valence-electron chi connectivity index (χ0n) is 22.5. The number of nitrogens with zero attached hydrogens (tertiary/aromatic N) is 2. The second kappa shape index (κ2) is 13.2. The maximum Gasteiger partial charge on any atom is 0.264 e. The van der Waals surface area contributed by atoms with Gasteiger partial charge in [0.2, 0.25) is 11.8 Å². The summed E-state index contributed by atoms with van der Waals surface area (Å²) in [7, 11) is -4.14. The van der Waals surface area contributed by atoms with E-state index < -0.39 is 28.5 Å². The van der Waals surface area contributed by atoms with Gasteiger partial charge in [-0.1, -0.05) is 76.8 Å². The highest BCUT2D eigenvalue weighted by atomic mass is 79.9. The lowest BCUT2D eigenvalue weighted by Crippen LogP contribution is -2.52. The van der Waals surface area contributed by atoms with E-state index in [0.717, 1.165) is 45.6 Å². The fourth-order valence-corrected chi connectivity index (χ4v) is 6.84. The maximum atomic E-state index is 14.0. The molecule has 10 heteroatoms. The van der Waals surface area contributed by atoms with Crippen LogP contribution in [-0.2, 0) is 26.2 Å². The Morgan fingerprint density at radius 1 is 1.02 bits per heavy atom. The summed E-state index contributed by atoms with van der Waals surface area (Å²) in [4.78, 5) is 28.8. The van der Waals surface area contributed by atoms with E-state index in [1.807, 2.05) is 31.2 Å². The van der Waals surface area contributed by atoms with Crippen LogP contribution >= 0.6 is 27.5 Å². The summed E-state index contributed by atoms with van der Waals surface area (Å²) < 4.78 is 29.6. The number of rotatable bonds is 10. The van der Waals surface area contributed by atoms with Crippen molar-refractivity contribution in [2.75, 3.05) is 10.8 Å². The molecule has 1 aliphatic carbocycles. The number of hydrogen-bond donors (Lipinski definition) is 1. The number of anilines is 1. The van der Waals surface area contributed by atoms with Crippen LogP contribution in [0.15, 0.2) is 82.2 Å². The van der Waals surface area contributed by atoms with Gasteiger partial charge in [0.1, 0.15) is 12.6 Å². The van der Waals surface area contributed by atoms with Crippen molar-refractivity contribution >= 4 is 55.1 Å². The minimum Gasteiger partial charge on any atom is -0.352 e. The third-order valence-electron chi connectivity index (χ3n) is 7.16. The molecule has 212 valence electrons. The molecular weight excluding hydrogens is 614 g/mol. The normalized spacial score (nSPS) is 14.5. The molecule has 0 bridgehead atoms. The molecule has 4 rings (SSSR count). The van der Waals surface area contributed by atoms with Crippen molar-refractivity contribution in [2.24, 2.45) is 0 Å². The maximum absolute atomic E-state index is 14.0. The number of benzene rings is 3. The molecule has 0 radical (unpaired) electrons. The van der Waals surface area contributed by atoms with Crippen LogP contribution < -0.4 is 9.62 Å². The van der Waals surface area contributed by atoms with E-state index in [9.17, 15) is 18.0 Å². The van der Waals surface area contributed by atoms with Gasteiger partial charge in [-0.15, -0.1) is 0 Å². The predicted molar refractivity (Wildman–Crippen MR) is 162 cm³/mol. The Hall–Kier alpha value is -2.88. The fourth-order valence-electron chi connectivity index (χ4n) is 4.79. The van der Waals surface area contributed by atoms with Gasteiger partial charge in [-0.25, -0.2) is 8.42 Å². The lowest BCUT2D eigenvalue weighted by atomic mass is 10.1. The number of carbonyl (C=O) groups is 2. The van der Waals surface area contributed by atoms with Gasteiger partial charge in [0.15, 0.2) is 0 Å². The first kappa shape index (κ1) is 30.1. The first-order chi connectivity index (χ1) is 19.1. The van der Waals surface area contributed by atoms with E-state index in [1.165, 1.54) is 17.0 Å². The van der Waals surface area contributed by atoms with E-state index in [4.69, 9.17) is 11.6 Å². The molecule has 0 spiro atoms. The lowest BCUT2D eigenvalue weighted by Gasteiger charge is -2.32. The molecule has 3 aromatic carbocycles. The Balaban J connectivity index is 1.69. The highest BCUT2D eigenvalue weighted by molar-refractivity contribution is 9.10. The standard InChI is InChI=1S/C30H33BrClN3O4S/c1-21-15-16-26(18-28(21)32)35(40(38,39)27-13-4-3-5-14-27)20-29(36)34(19-23-9-8-10-24(31)17-23)22(2)30(37)33-25-11-6-7-12-25/h3-5,8-10,13-18,22,25H,6-7,11-12,19-20H2,1-2H3,(H,33,37)/t22-/m0/s1. The van der Waals surface area contributed by atoms with Crippen molar-refractivity contribution < 1.29 is 18.0 Å². The number of carbonyl (C=O) groups excluding carboxylic acids is 2. The van der Waals surface area contributed by atoms with Crippen LogP contribution in [0.5, 0.6) is 0 Å². The highest BCUT2D eigenvalue weighted by Crippen LogP contribution is 2.29. The molecule has 1 saturated carbocycles. The first-order valence-electron chi connectivity index (χ1n) is 13.2. The van der Waals surface area contributed by atoms with Crippen molar-refractivity contribution in [2.45, 2.75) is 63.1 Å². The number of halogens is 2. The highest BCUT2D eigenvalue weighted by Gasteiger charge is 2.33. The van der Waals surface area contributed by atoms with Crippen LogP contribution in [0.1, 0.15) is 43.7 Å². The monoisotopic (exact) mass is 645 g/mol. The number of hydrogen-bond acceptors (Lipinski definition) is 4. The summed E-state index contributed by atoms with van der Waals surface area (Å²) >= 11 is 9.84. The fraction of sp³-hybridized carbons (Fsp3) is 0.333. The van der Waals surface area contributed by atoms with E-state index in [1.54, 1.807) is 43.3 Å². The van der Waals surface area contributed by atoms with Crippen LogP contribution in [0, 0.1) is 6.92 Å². The topological polar surface area (TPSA) is 86.8 Å². The quantitative estimate of drug-likeness (QED) is 0.289. The smallest absolute Gasteiger partial charge is 0.264 e. The Bertz CT molecular complexity index is 1460. The molecule has 0 aliphatic heterocycles. The molecule has 1 atom stereocenters. The SMILES string of the molecule is Cc1ccc(N(CC(=O)N(Cc2cccc(Br)c2)[C@@H](C)C(=O)NC2CCCC2)S(=O)(=O)c2ccccc2)cc1Cl. The third-order valence-corrected chi connectivity index (χ3v) is 9.85. The second-order valence-corrected chi connectivity index (χ2v) is 13.3. The lowest BCUT2D eigenvalue weighted by molar-refractivity contribution is -0.139. The van der Waals surface area contributed by atoms with Gasteiger partial charge >= 0.3 is 0 Å². The van der Waals surface area contributed by atoms with E-state index >= 15 is 0 Å². The van der Waals surface area contributed by atoms with E-state index in [0.29, 0.717) is 5.02 Å². The van der Waals surface area contributed by atoms with Gasteiger partial charge in [-0.05, 0) is 74.2 Å². The first-order valence-corrected chi connectivity index (χ1v) is 15.9. The van der Waals surface area contributed by atoms with Crippen LogP contribution in [0.25, 0.3) is 0 Å². The van der Waals surface area contributed by atoms with Crippen LogP contribution in [0.4, 0.5) is 5.69 Å². The molecule has 0 unspecified atom stereocenters. The minimum atomic E-state index is -4.14. The summed E-state index contributed by atoms with van der Waals surface area (Å²) in [5.74, 6) is -0.767. The molecular formula is C30H33BrClN3O4S. The molecule has 1 aliphatic rings. The summed E-state index contributed by atoms with van der Waals surface area (Å²) in [6, 6.07) is 19.6. The van der Waals surface area contributed by atoms with Crippen molar-refractivity contribution in [3.63, 3.8) is 0 Å². The second-order valence-electron chi connectivity index (χ2n) is 10.1. The Morgan fingerprint density at radius 3 is 2.38 bits per heavy atom. The largest absolute Gasteiger partial charge is 0.352 e. The molecule has 7 nitrogen and oxygen atoms in total. The van der Waals surface area contributed by atoms with Crippen LogP contribution in [-0.4, -0.2) is 43.8 Å². The van der Waals surface area contributed by atoms with Crippen molar-refractivity contribution in [3.8, 4) is 0 Å². The number of amides is 2. The zero-order chi connectivity index (χ0) is 28.9. The average Bonchev–Trinajstić information content (AvgIpc) is 3.45. The van der Waals surface area contributed by atoms with Crippen molar-refractivity contribution in [1.29, 1.82) is 0 Å². The minimum absolute atomic E-state index is 0.0464. The van der Waals surface area contributed by atoms with Gasteiger partial charge in [-0.3, -0.25) is 13.9 Å². The van der Waals surface area contributed by atoms with Gasteiger partial charge in [0.05, 0.1) is 10.6 Å². The average molecular weight is 647 g/mol. The summed E-state index contributed by atoms with van der Waals surface area (Å²) in [6.07, 6.45) is 3.95. The Morgan fingerprint density at radius 2 is 1.73 bits per heavy atom. The molecule has 3 aromatic rings. The Labute approximate surface area is 249 Å².